The van der Waals surface area contributed by atoms with Gasteiger partial charge in [0.15, 0.2) is 31.5 Å². The number of hydrogen-bond acceptors (Lipinski definition) is 11. The molecule has 5 heterocycles. The van der Waals surface area contributed by atoms with Crippen LogP contribution in [0.4, 0.5) is 0 Å². The number of fused-ring (bicyclic) bond motifs is 8. The van der Waals surface area contributed by atoms with Crippen LogP contribution in [0.25, 0.3) is 0 Å². The molecule has 0 aromatic heterocycles. The summed E-state index contributed by atoms with van der Waals surface area (Å²) in [5.74, 6) is -3.33. The minimum atomic E-state index is -2.14. The summed E-state index contributed by atoms with van der Waals surface area (Å²) in [5, 5.41) is 0.0539. The van der Waals surface area contributed by atoms with Crippen LogP contribution in [0.5, 0.6) is 0 Å². The molecular formula is C58H94O11Si. The molecule has 0 radical (unpaired) electrons. The highest BCUT2D eigenvalue weighted by molar-refractivity contribution is 6.74. The van der Waals surface area contributed by atoms with Crippen molar-refractivity contribution >= 4 is 14.3 Å². The predicted octanol–water partition coefficient (Wildman–Crippen LogP) is 13.3. The second-order valence-electron chi connectivity index (χ2n) is 24.2. The van der Waals surface area contributed by atoms with Crippen molar-refractivity contribution in [3.05, 3.63) is 85.1 Å². The molecular weight excluding hydrogens is 901 g/mol. The molecule has 0 aromatic rings. The van der Waals surface area contributed by atoms with Gasteiger partial charge in [0, 0.05) is 62.9 Å². The van der Waals surface area contributed by atoms with E-state index in [1.54, 1.807) is 6.08 Å². The van der Waals surface area contributed by atoms with E-state index in [9.17, 15) is 4.79 Å². The Bertz CT molecular complexity index is 1880. The molecule has 396 valence electrons. The number of rotatable bonds is 3. The van der Waals surface area contributed by atoms with Crippen LogP contribution in [0.2, 0.25) is 18.1 Å². The average Bonchev–Trinajstić information content (AvgIpc) is 3.19. The molecule has 0 N–H and O–H groups in total. The summed E-state index contributed by atoms with van der Waals surface area (Å²) in [5.41, 5.74) is 0. The van der Waals surface area contributed by atoms with Crippen molar-refractivity contribution in [2.75, 3.05) is 0 Å². The van der Waals surface area contributed by atoms with E-state index in [0.717, 1.165) is 25.7 Å². The SMILES string of the molecule is CC(C)[C@H]1OC(=O)/C=C/C=C/C=C/C=C/C=C/C=C/C[C@H](O[Si](C)(C)C(C)(C)C)[C@@H](C)[C@H]2C[C@@H](C[C@H]3C[C@H](C[C@H]4C[C@H](C[C@@H]5C[C@H](/C=C/[C@@H]1C)OC(C)(C)O5)OC(C)(C)O4)OC(C)(C)O3)OC(C)(C)O2. The lowest BCUT2D eigenvalue weighted by Crippen LogP contribution is -2.53. The number of carbonyl (C=O) groups is 1. The third-order valence-electron chi connectivity index (χ3n) is 14.4. The largest absolute Gasteiger partial charge is 0.458 e. The zero-order chi connectivity index (χ0) is 51.7. The highest BCUT2D eigenvalue weighted by Gasteiger charge is 2.47. The van der Waals surface area contributed by atoms with Crippen LogP contribution >= 0.6 is 0 Å². The van der Waals surface area contributed by atoms with Gasteiger partial charge in [0.1, 0.15) is 6.10 Å². The highest BCUT2D eigenvalue weighted by atomic mass is 28.4. The van der Waals surface area contributed by atoms with E-state index >= 15 is 0 Å². The van der Waals surface area contributed by atoms with Crippen molar-refractivity contribution in [2.24, 2.45) is 17.8 Å². The second-order valence-corrected chi connectivity index (χ2v) is 29.0. The van der Waals surface area contributed by atoms with Gasteiger partial charge in [0.2, 0.25) is 0 Å². The van der Waals surface area contributed by atoms with Gasteiger partial charge in [-0.1, -0.05) is 127 Å². The van der Waals surface area contributed by atoms with Gasteiger partial charge >= 0.3 is 5.97 Å². The van der Waals surface area contributed by atoms with Gasteiger partial charge in [-0.25, -0.2) is 4.79 Å². The van der Waals surface area contributed by atoms with Crippen LogP contribution in [-0.4, -0.2) is 98.5 Å². The van der Waals surface area contributed by atoms with E-state index in [1.807, 2.05) is 104 Å². The van der Waals surface area contributed by atoms with Crippen LogP contribution < -0.4 is 0 Å². The summed E-state index contributed by atoms with van der Waals surface area (Å²) in [7, 11) is -2.14. The zero-order valence-electron chi connectivity index (χ0n) is 46.2. The smallest absolute Gasteiger partial charge is 0.331 e. The molecule has 11 nitrogen and oxygen atoms in total. The fraction of sp³-hybridized carbons (Fsp3) is 0.741. The lowest BCUT2D eigenvalue weighted by molar-refractivity contribution is -0.340. The Morgan fingerprint density at radius 1 is 0.557 bits per heavy atom. The quantitative estimate of drug-likeness (QED) is 0.153. The summed E-state index contributed by atoms with van der Waals surface area (Å²) in [6.07, 6.45) is 32.0. The Morgan fingerprint density at radius 3 is 1.41 bits per heavy atom. The molecule has 0 aromatic carbocycles. The van der Waals surface area contributed by atoms with Crippen molar-refractivity contribution in [1.82, 2.24) is 0 Å². The van der Waals surface area contributed by atoms with E-state index in [1.165, 1.54) is 6.08 Å². The van der Waals surface area contributed by atoms with Crippen LogP contribution in [0.15, 0.2) is 85.1 Å². The molecule has 0 spiro atoms. The first-order valence-electron chi connectivity index (χ1n) is 26.5. The number of esters is 1. The molecule has 4 fully saturated rings. The maximum absolute atomic E-state index is 13.0. The first kappa shape index (κ1) is 58.4. The van der Waals surface area contributed by atoms with Gasteiger partial charge in [-0.15, -0.1) is 0 Å². The summed E-state index contributed by atoms with van der Waals surface area (Å²) in [6.45, 7) is 36.1. The molecule has 0 unspecified atom stereocenters. The number of carbonyl (C=O) groups excluding carboxylic acids is 1. The Hall–Kier alpha value is -2.49. The molecule has 0 aliphatic carbocycles. The average molecular weight is 995 g/mol. The number of allylic oxidation sites excluding steroid dienone is 10. The van der Waals surface area contributed by atoms with E-state index in [4.69, 9.17) is 47.1 Å². The maximum atomic E-state index is 13.0. The Balaban J connectivity index is 1.39. The zero-order valence-corrected chi connectivity index (χ0v) is 47.2. The fourth-order valence-electron chi connectivity index (χ4n) is 10.5. The molecule has 8 bridgehead atoms. The first-order chi connectivity index (χ1) is 32.5. The standard InChI is InChI=1S/C58H94O11Si/c1-40(2)53-41(3)31-32-43-33-44(62-55(8,9)61-43)34-45-35-46(64-56(10,11)63-45)36-47-37-48(66-57(12,13)65-47)38-49-39-51(68-58(14,15)67-49)42(4)50(69-70(16,17)54(5,6)7)29-27-25-23-21-19-18-20-22-24-26-28-30-52(59)60-53/h18-28,30-32,40-51,53H,29,33-39H2,1-17H3/b19-18+,22-20+,23-21+,26-24+,27-25+,30-28+,32-31+/t41-,42+,43-,44-,45-,46+,47-,48+,49+,50-,51+,53+/m0/s1. The normalized spacial score (nSPS) is 39.3. The predicted molar refractivity (Wildman–Crippen MR) is 281 cm³/mol. The summed E-state index contributed by atoms with van der Waals surface area (Å²) < 4.78 is 66.3. The molecule has 70 heavy (non-hydrogen) atoms. The number of ether oxygens (including phenoxy) is 9. The maximum Gasteiger partial charge on any atom is 0.331 e. The fourth-order valence-corrected chi connectivity index (χ4v) is 11.9. The molecule has 5 aliphatic rings. The van der Waals surface area contributed by atoms with Gasteiger partial charge < -0.3 is 47.1 Å². The van der Waals surface area contributed by atoms with Crippen LogP contribution in [0.1, 0.15) is 155 Å². The molecule has 12 atom stereocenters. The Morgan fingerprint density at radius 2 is 0.957 bits per heavy atom. The highest BCUT2D eigenvalue weighted by Crippen LogP contribution is 2.43. The topological polar surface area (TPSA) is 109 Å². The molecule has 0 saturated carbocycles. The van der Waals surface area contributed by atoms with E-state index in [-0.39, 0.29) is 89.8 Å². The lowest BCUT2D eigenvalue weighted by atomic mass is 9.88. The van der Waals surface area contributed by atoms with Crippen molar-refractivity contribution in [3.63, 3.8) is 0 Å². The monoisotopic (exact) mass is 995 g/mol. The molecule has 0 amide bonds. The second kappa shape index (κ2) is 24.7. The van der Waals surface area contributed by atoms with Crippen molar-refractivity contribution < 1.29 is 51.9 Å². The van der Waals surface area contributed by atoms with Crippen molar-refractivity contribution in [3.8, 4) is 0 Å². The molecule has 12 heteroatoms. The van der Waals surface area contributed by atoms with Crippen molar-refractivity contribution in [1.29, 1.82) is 0 Å². The molecule has 5 aliphatic heterocycles. The Kier molecular flexibility index (Phi) is 20.6. The van der Waals surface area contributed by atoms with Crippen LogP contribution in [-0.2, 0) is 51.9 Å². The Labute approximate surface area is 424 Å². The van der Waals surface area contributed by atoms with Crippen molar-refractivity contribution in [2.45, 2.75) is 258 Å². The minimum absolute atomic E-state index is 0.0377. The number of hydrogen-bond donors (Lipinski definition) is 0. The van der Waals surface area contributed by atoms with Crippen LogP contribution in [0, 0.1) is 17.8 Å². The van der Waals surface area contributed by atoms with E-state index in [2.05, 4.69) is 85.9 Å². The molecule has 4 saturated heterocycles. The van der Waals surface area contributed by atoms with Gasteiger partial charge in [-0.2, -0.15) is 0 Å². The molecule has 5 rings (SSSR count). The number of cyclic esters (lactones) is 1. The van der Waals surface area contributed by atoms with Gasteiger partial charge in [-0.3, -0.25) is 0 Å². The van der Waals surface area contributed by atoms with Crippen LogP contribution in [0.3, 0.4) is 0 Å². The van der Waals surface area contributed by atoms with Gasteiger partial charge in [-0.05, 0) is 85.9 Å². The van der Waals surface area contributed by atoms with E-state index in [0.29, 0.717) is 25.7 Å². The summed E-state index contributed by atoms with van der Waals surface area (Å²) in [6, 6.07) is 0. The third kappa shape index (κ3) is 18.8. The summed E-state index contributed by atoms with van der Waals surface area (Å²) >= 11 is 0. The van der Waals surface area contributed by atoms with Gasteiger partial charge in [0.05, 0.1) is 54.9 Å². The third-order valence-corrected chi connectivity index (χ3v) is 18.9. The lowest BCUT2D eigenvalue weighted by Gasteiger charge is -2.48. The minimum Gasteiger partial charge on any atom is -0.458 e. The first-order valence-corrected chi connectivity index (χ1v) is 29.4. The van der Waals surface area contributed by atoms with E-state index < -0.39 is 31.5 Å². The summed E-state index contributed by atoms with van der Waals surface area (Å²) in [4.78, 5) is 13.0. The van der Waals surface area contributed by atoms with Gasteiger partial charge in [0.25, 0.3) is 0 Å².